The third kappa shape index (κ3) is 4.35. The van der Waals surface area contributed by atoms with Crippen LogP contribution in [0.2, 0.25) is 0 Å². The molecule has 0 atom stereocenters. The van der Waals surface area contributed by atoms with Crippen molar-refractivity contribution in [3.63, 3.8) is 0 Å². The van der Waals surface area contributed by atoms with E-state index in [9.17, 15) is 4.79 Å². The molecule has 0 fully saturated rings. The molecule has 154 valence electrons. The average Bonchev–Trinajstić information content (AvgIpc) is 3.35. The Balaban J connectivity index is 1.81. The average molecular weight is 410 g/mol. The summed E-state index contributed by atoms with van der Waals surface area (Å²) in [6.45, 7) is 2.08. The second-order valence-corrected chi connectivity index (χ2v) is 6.78. The van der Waals surface area contributed by atoms with E-state index in [1.807, 2.05) is 59.4 Å². The fourth-order valence-corrected chi connectivity index (χ4v) is 3.26. The molecule has 0 saturated carbocycles. The Morgan fingerprint density at radius 3 is 2.61 bits per heavy atom. The van der Waals surface area contributed by atoms with Gasteiger partial charge in [0.25, 0.3) is 0 Å². The number of aromatic nitrogens is 4. The summed E-state index contributed by atoms with van der Waals surface area (Å²) in [6.07, 6.45) is 9.05. The van der Waals surface area contributed by atoms with Gasteiger partial charge in [-0.25, -0.2) is 14.4 Å². The molecule has 4 aromatic rings. The van der Waals surface area contributed by atoms with Gasteiger partial charge in [0.05, 0.1) is 22.8 Å². The molecule has 0 aliphatic carbocycles. The molecule has 2 aromatic carbocycles. The summed E-state index contributed by atoms with van der Waals surface area (Å²) in [6, 6.07) is 18.8. The van der Waals surface area contributed by atoms with Crippen molar-refractivity contribution in [2.45, 2.75) is 13.3 Å². The normalized spacial score (nSPS) is 11.8. The zero-order chi connectivity index (χ0) is 21.6. The number of rotatable bonds is 6. The molecule has 2 aromatic heterocycles. The van der Waals surface area contributed by atoms with E-state index in [0.29, 0.717) is 11.4 Å². The molecule has 2 N–H and O–H groups in total. The molecule has 7 nitrogen and oxygen atoms in total. The molecule has 0 unspecified atom stereocenters. The van der Waals surface area contributed by atoms with Gasteiger partial charge in [-0.15, -0.1) is 0 Å². The fraction of sp³-hybridized carbons (Fsp3) is 0.0833. The first-order valence-electron chi connectivity index (χ1n) is 9.95. The van der Waals surface area contributed by atoms with Gasteiger partial charge in [-0.2, -0.15) is 10.2 Å². The maximum atomic E-state index is 12.6. The van der Waals surface area contributed by atoms with Gasteiger partial charge in [0.1, 0.15) is 0 Å². The highest BCUT2D eigenvalue weighted by Gasteiger charge is 2.12. The summed E-state index contributed by atoms with van der Waals surface area (Å²) >= 11 is 0. The van der Waals surface area contributed by atoms with E-state index in [2.05, 4.69) is 28.2 Å². The third-order valence-corrected chi connectivity index (χ3v) is 4.77. The lowest BCUT2D eigenvalue weighted by Crippen LogP contribution is -2.21. The van der Waals surface area contributed by atoms with Crippen molar-refractivity contribution in [3.8, 4) is 11.4 Å². The van der Waals surface area contributed by atoms with Crippen LogP contribution in [0, 0.1) is 0 Å². The van der Waals surface area contributed by atoms with Crippen molar-refractivity contribution in [2.75, 3.05) is 0 Å². The number of allylic oxidation sites excluding steroid dienone is 1. The lowest BCUT2D eigenvalue weighted by atomic mass is 10.1. The van der Waals surface area contributed by atoms with E-state index in [0.717, 1.165) is 23.4 Å². The molecule has 2 heterocycles. The zero-order valence-corrected chi connectivity index (χ0v) is 17.1. The largest absolute Gasteiger partial charge is 0.405 e. The van der Waals surface area contributed by atoms with Crippen LogP contribution in [0.3, 0.4) is 0 Å². The number of nitrogens with zero attached hydrogens (tertiary/aromatic N) is 5. The first-order valence-corrected chi connectivity index (χ1v) is 9.95. The molecule has 4 rings (SSSR count). The van der Waals surface area contributed by atoms with Crippen LogP contribution in [0.25, 0.3) is 11.4 Å². The molecule has 0 saturated heterocycles. The highest BCUT2D eigenvalue weighted by atomic mass is 16.1. The van der Waals surface area contributed by atoms with Crippen molar-refractivity contribution < 1.29 is 0 Å². The van der Waals surface area contributed by atoms with Crippen LogP contribution in [0.1, 0.15) is 18.2 Å². The molecule has 0 radical (unpaired) electrons. The predicted octanol–water partition coefficient (Wildman–Crippen LogP) is 3.57. The molecule has 0 spiro atoms. The number of para-hydroxylation sites is 1. The van der Waals surface area contributed by atoms with E-state index >= 15 is 0 Å². The highest BCUT2D eigenvalue weighted by Crippen LogP contribution is 2.19. The number of hydrogen-bond acceptors (Lipinski definition) is 5. The van der Waals surface area contributed by atoms with Crippen molar-refractivity contribution in [3.05, 3.63) is 113 Å². The topological polar surface area (TPSA) is 91.1 Å². The van der Waals surface area contributed by atoms with Gasteiger partial charge in [0.15, 0.2) is 5.69 Å². The van der Waals surface area contributed by atoms with Gasteiger partial charge in [-0.3, -0.25) is 4.79 Å². The summed E-state index contributed by atoms with van der Waals surface area (Å²) in [5.74, 6) is 0. The second kappa shape index (κ2) is 9.04. The molecule has 7 heteroatoms. The van der Waals surface area contributed by atoms with Crippen molar-refractivity contribution in [1.82, 2.24) is 19.6 Å². The summed E-state index contributed by atoms with van der Waals surface area (Å²) in [5.41, 5.74) is 9.66. The van der Waals surface area contributed by atoms with Gasteiger partial charge < -0.3 is 5.73 Å². The predicted molar refractivity (Wildman–Crippen MR) is 122 cm³/mol. The van der Waals surface area contributed by atoms with Gasteiger partial charge >= 0.3 is 0 Å². The highest BCUT2D eigenvalue weighted by molar-refractivity contribution is 6.08. The molecular formula is C24H22N6O. The minimum absolute atomic E-state index is 0.227. The van der Waals surface area contributed by atoms with Crippen LogP contribution in [0.15, 0.2) is 101 Å². The molecule has 31 heavy (non-hydrogen) atoms. The number of hydrogen-bond donors (Lipinski definition) is 1. The smallest absolute Gasteiger partial charge is 0.209 e. The molecule has 0 aliphatic rings. The van der Waals surface area contributed by atoms with E-state index in [4.69, 9.17) is 5.73 Å². The van der Waals surface area contributed by atoms with Gasteiger partial charge in [-0.05, 0) is 60.7 Å². The summed E-state index contributed by atoms with van der Waals surface area (Å²) in [7, 11) is 0. The number of aryl methyl sites for hydroxylation is 1. The van der Waals surface area contributed by atoms with E-state index < -0.39 is 0 Å². The van der Waals surface area contributed by atoms with Crippen LogP contribution in [0.5, 0.6) is 0 Å². The molecule has 0 aliphatic heterocycles. The lowest BCUT2D eigenvalue weighted by molar-refractivity contribution is 0.812. The Hall–Kier alpha value is -4.26. The molecule has 0 bridgehead atoms. The van der Waals surface area contributed by atoms with Crippen molar-refractivity contribution in [2.24, 2.45) is 10.7 Å². The van der Waals surface area contributed by atoms with E-state index in [1.165, 1.54) is 12.3 Å². The first kappa shape index (κ1) is 20.0. The Kier molecular flexibility index (Phi) is 5.84. The third-order valence-electron chi connectivity index (χ3n) is 4.77. The maximum Gasteiger partial charge on any atom is 0.209 e. The lowest BCUT2D eigenvalue weighted by Gasteiger charge is -2.13. The van der Waals surface area contributed by atoms with Crippen LogP contribution in [-0.2, 0) is 6.42 Å². The molecule has 0 amide bonds. The summed E-state index contributed by atoms with van der Waals surface area (Å²) in [5, 5.41) is 8.89. The monoisotopic (exact) mass is 410 g/mol. The number of aliphatic imine (C=N–C) groups is 1. The van der Waals surface area contributed by atoms with Gasteiger partial charge in [-0.1, -0.05) is 25.1 Å². The zero-order valence-electron chi connectivity index (χ0n) is 17.1. The van der Waals surface area contributed by atoms with Crippen molar-refractivity contribution in [1.29, 1.82) is 0 Å². The van der Waals surface area contributed by atoms with Crippen LogP contribution >= 0.6 is 0 Å². The minimum Gasteiger partial charge on any atom is -0.405 e. The Morgan fingerprint density at radius 2 is 1.90 bits per heavy atom. The Morgan fingerprint density at radius 1 is 1.06 bits per heavy atom. The standard InChI is InChI=1S/C24H22N6O/c1-2-18-17-20(29-15-6-14-26-29)9-10-22(18)30-16-12-23(31)24(28-30)21(11-13-25)27-19-7-4-3-5-8-19/h3-17H,2,25H2,1H3. The fourth-order valence-electron chi connectivity index (χ4n) is 3.26. The first-order chi connectivity index (χ1) is 15.2. The summed E-state index contributed by atoms with van der Waals surface area (Å²) < 4.78 is 3.51. The SMILES string of the molecule is CCc1cc(-n2cccn2)ccc1-n1ccc(=O)c(C(C=CN)=Nc2ccccc2)n1. The number of nitrogens with two attached hydrogens (primary N) is 1. The van der Waals surface area contributed by atoms with Crippen molar-refractivity contribution >= 4 is 11.4 Å². The summed E-state index contributed by atoms with van der Waals surface area (Å²) in [4.78, 5) is 17.2. The maximum absolute atomic E-state index is 12.6. The molecular weight excluding hydrogens is 388 g/mol. The quantitative estimate of drug-likeness (QED) is 0.492. The second-order valence-electron chi connectivity index (χ2n) is 6.78. The number of benzene rings is 2. The van der Waals surface area contributed by atoms with E-state index in [1.54, 1.807) is 23.2 Å². The minimum atomic E-state index is -0.227. The van der Waals surface area contributed by atoms with Crippen LogP contribution in [0.4, 0.5) is 5.69 Å². The van der Waals surface area contributed by atoms with Crippen LogP contribution < -0.4 is 11.2 Å². The Labute approximate surface area is 179 Å². The van der Waals surface area contributed by atoms with Gasteiger partial charge in [0.2, 0.25) is 5.43 Å². The Bertz CT molecular complexity index is 1290. The van der Waals surface area contributed by atoms with Gasteiger partial charge in [0, 0.05) is 24.7 Å². The van der Waals surface area contributed by atoms with Crippen LogP contribution in [-0.4, -0.2) is 25.3 Å². The van der Waals surface area contributed by atoms with E-state index in [-0.39, 0.29) is 11.1 Å².